The number of carbonyl (C=O) groups excluding carboxylic acids is 2. The Morgan fingerprint density at radius 2 is 1.91 bits per heavy atom. The number of benzene rings is 1. The Kier molecular flexibility index (Phi) is 5.69. The first-order valence-corrected chi connectivity index (χ1v) is 11.2. The minimum absolute atomic E-state index is 0.0643. The van der Waals surface area contributed by atoms with Gasteiger partial charge in [0.2, 0.25) is 5.91 Å². The maximum absolute atomic E-state index is 12.6. The first kappa shape index (κ1) is 22.2. The van der Waals surface area contributed by atoms with Crippen molar-refractivity contribution >= 4 is 34.4 Å². The van der Waals surface area contributed by atoms with Crippen LogP contribution in [-0.4, -0.2) is 54.5 Å². The number of nitrogen functional groups attached to an aromatic ring is 1. The number of nitrogens with two attached hydrogens (primary N) is 1. The number of likely N-dealkylation sites (N-methyl/N-ethyl adjacent to an activating group) is 1. The molecule has 1 saturated carbocycles. The van der Waals surface area contributed by atoms with Crippen LogP contribution < -0.4 is 11.1 Å². The van der Waals surface area contributed by atoms with Crippen LogP contribution in [0.3, 0.4) is 0 Å². The Bertz CT molecular complexity index is 1410. The van der Waals surface area contributed by atoms with E-state index in [1.165, 1.54) is 12.4 Å². The molecule has 3 aromatic heterocycles. The molecule has 0 saturated heterocycles. The molecule has 176 valence electrons. The van der Waals surface area contributed by atoms with E-state index in [9.17, 15) is 9.59 Å². The second kappa shape index (κ2) is 8.98. The van der Waals surface area contributed by atoms with Crippen LogP contribution in [0.4, 0.5) is 11.5 Å². The summed E-state index contributed by atoms with van der Waals surface area (Å²) in [4.78, 5) is 39.1. The lowest BCUT2D eigenvalue weighted by molar-refractivity contribution is -0.129. The molecule has 0 atom stereocenters. The summed E-state index contributed by atoms with van der Waals surface area (Å²) >= 11 is 0. The lowest BCUT2D eigenvalue weighted by atomic mass is 9.85. The van der Waals surface area contributed by atoms with Gasteiger partial charge in [-0.3, -0.25) is 14.6 Å². The highest BCUT2D eigenvalue weighted by Crippen LogP contribution is 2.39. The Hall–Kier alpha value is -4.60. The van der Waals surface area contributed by atoms with E-state index in [4.69, 9.17) is 10.8 Å². The topological polar surface area (TPSA) is 132 Å². The summed E-state index contributed by atoms with van der Waals surface area (Å²) in [5.41, 5.74) is 9.10. The summed E-state index contributed by atoms with van der Waals surface area (Å²) in [5.74, 6) is -0.0924. The Balaban J connectivity index is 1.42. The number of nitrogens with one attached hydrogen (secondary N) is 1. The van der Waals surface area contributed by atoms with Gasteiger partial charge in [-0.15, -0.1) is 0 Å². The molecule has 10 nitrogen and oxygen atoms in total. The van der Waals surface area contributed by atoms with Gasteiger partial charge in [-0.2, -0.15) is 5.10 Å². The van der Waals surface area contributed by atoms with Gasteiger partial charge in [0, 0.05) is 30.5 Å². The zero-order valence-electron chi connectivity index (χ0n) is 19.1. The van der Waals surface area contributed by atoms with Gasteiger partial charge in [0.15, 0.2) is 5.65 Å². The number of hydrogen-bond donors (Lipinski definition) is 2. The average Bonchev–Trinajstić information content (AvgIpc) is 3.24. The van der Waals surface area contributed by atoms with E-state index in [0.717, 1.165) is 12.8 Å². The number of amides is 2. The van der Waals surface area contributed by atoms with E-state index in [1.807, 2.05) is 35.0 Å². The molecule has 0 aliphatic heterocycles. The van der Waals surface area contributed by atoms with Gasteiger partial charge < -0.3 is 16.0 Å². The third kappa shape index (κ3) is 4.10. The third-order valence-corrected chi connectivity index (χ3v) is 6.32. The fourth-order valence-electron chi connectivity index (χ4n) is 4.24. The molecule has 35 heavy (non-hydrogen) atoms. The number of para-hydroxylation sites is 1. The minimum Gasteiger partial charge on any atom is -0.383 e. The molecule has 5 rings (SSSR count). The van der Waals surface area contributed by atoms with Crippen molar-refractivity contribution in [2.75, 3.05) is 18.1 Å². The monoisotopic (exact) mass is 468 g/mol. The van der Waals surface area contributed by atoms with E-state index in [-0.39, 0.29) is 29.6 Å². The summed E-state index contributed by atoms with van der Waals surface area (Å²) in [5, 5.41) is 8.27. The second-order valence-electron chi connectivity index (χ2n) is 8.44. The smallest absolute Gasteiger partial charge is 0.274 e. The fourth-order valence-corrected chi connectivity index (χ4v) is 4.24. The predicted molar refractivity (Wildman–Crippen MR) is 132 cm³/mol. The Morgan fingerprint density at radius 1 is 1.14 bits per heavy atom. The van der Waals surface area contributed by atoms with Gasteiger partial charge in [-0.25, -0.2) is 14.6 Å². The lowest BCUT2D eigenvalue weighted by Gasteiger charge is -2.40. The van der Waals surface area contributed by atoms with Crippen molar-refractivity contribution < 1.29 is 9.59 Å². The molecule has 10 heteroatoms. The van der Waals surface area contributed by atoms with Crippen LogP contribution in [0, 0.1) is 0 Å². The maximum atomic E-state index is 12.6. The average molecular weight is 469 g/mol. The van der Waals surface area contributed by atoms with E-state index in [2.05, 4.69) is 26.8 Å². The standard InChI is InChI=1S/C25H24N8O2/c1-3-20(34)32(2)17-11-18(12-17)33-24-21(23(26)28-14-29-24)22(31-33)15-9-10-19(27-13-15)25(35)30-16-7-5-4-6-8-16/h3-10,13-14,17-18H,1,11-12H2,2H3,(H,30,35)(H2,26,28,29). The number of aromatic nitrogens is 5. The summed E-state index contributed by atoms with van der Waals surface area (Å²) < 4.78 is 1.85. The molecule has 3 heterocycles. The molecule has 0 unspecified atom stereocenters. The molecule has 0 bridgehead atoms. The van der Waals surface area contributed by atoms with Crippen LogP contribution in [0.25, 0.3) is 22.3 Å². The number of pyridine rings is 1. The lowest BCUT2D eigenvalue weighted by Crippen LogP contribution is -2.45. The van der Waals surface area contributed by atoms with E-state index >= 15 is 0 Å². The van der Waals surface area contributed by atoms with E-state index in [1.54, 1.807) is 30.3 Å². The Morgan fingerprint density at radius 3 is 2.60 bits per heavy atom. The highest BCUT2D eigenvalue weighted by Gasteiger charge is 2.37. The van der Waals surface area contributed by atoms with Crippen LogP contribution in [-0.2, 0) is 4.79 Å². The summed E-state index contributed by atoms with van der Waals surface area (Å²) in [6, 6.07) is 12.8. The highest BCUT2D eigenvalue weighted by atomic mass is 16.2. The second-order valence-corrected chi connectivity index (χ2v) is 8.44. The van der Waals surface area contributed by atoms with Crippen molar-refractivity contribution in [3.63, 3.8) is 0 Å². The predicted octanol–water partition coefficient (Wildman–Crippen LogP) is 3.07. The first-order valence-electron chi connectivity index (χ1n) is 11.2. The van der Waals surface area contributed by atoms with Gasteiger partial charge in [-0.05, 0) is 43.2 Å². The molecular formula is C25H24N8O2. The molecule has 4 aromatic rings. The van der Waals surface area contributed by atoms with Crippen molar-refractivity contribution in [3.05, 3.63) is 73.3 Å². The first-order chi connectivity index (χ1) is 17.0. The minimum atomic E-state index is -0.306. The molecule has 3 N–H and O–H groups in total. The molecule has 1 aromatic carbocycles. The zero-order chi connectivity index (χ0) is 24.5. The summed E-state index contributed by atoms with van der Waals surface area (Å²) in [6.07, 6.45) is 5.82. The van der Waals surface area contributed by atoms with Crippen molar-refractivity contribution in [1.82, 2.24) is 29.6 Å². The van der Waals surface area contributed by atoms with Crippen molar-refractivity contribution in [1.29, 1.82) is 0 Å². The quantitative estimate of drug-likeness (QED) is 0.416. The maximum Gasteiger partial charge on any atom is 0.274 e. The van der Waals surface area contributed by atoms with Crippen LogP contribution >= 0.6 is 0 Å². The third-order valence-electron chi connectivity index (χ3n) is 6.32. The number of fused-ring (bicyclic) bond motifs is 1. The molecule has 1 aliphatic carbocycles. The van der Waals surface area contributed by atoms with E-state index < -0.39 is 0 Å². The van der Waals surface area contributed by atoms with Crippen molar-refractivity contribution in [2.24, 2.45) is 0 Å². The number of nitrogens with zero attached hydrogens (tertiary/aromatic N) is 6. The molecule has 1 fully saturated rings. The molecular weight excluding hydrogens is 444 g/mol. The van der Waals surface area contributed by atoms with Crippen LogP contribution in [0.15, 0.2) is 67.6 Å². The molecule has 2 amide bonds. The van der Waals surface area contributed by atoms with Crippen LogP contribution in [0.2, 0.25) is 0 Å². The summed E-state index contributed by atoms with van der Waals surface area (Å²) in [6.45, 7) is 3.55. The SMILES string of the molecule is C=CC(=O)N(C)C1CC(n2nc(-c3ccc(C(=O)Nc4ccccc4)nc3)c3c(N)ncnc32)C1. The Labute approximate surface area is 201 Å². The number of carbonyl (C=O) groups is 2. The molecule has 0 spiro atoms. The fraction of sp³-hybridized carbons (Fsp3) is 0.200. The number of rotatable bonds is 6. The molecule has 1 aliphatic rings. The van der Waals surface area contributed by atoms with Crippen LogP contribution in [0.5, 0.6) is 0 Å². The number of anilines is 2. The molecule has 0 radical (unpaired) electrons. The van der Waals surface area contributed by atoms with Crippen LogP contribution in [0.1, 0.15) is 29.4 Å². The summed E-state index contributed by atoms with van der Waals surface area (Å²) in [7, 11) is 1.78. The van der Waals surface area contributed by atoms with E-state index in [0.29, 0.717) is 33.8 Å². The van der Waals surface area contributed by atoms with Gasteiger partial charge in [0.05, 0.1) is 11.4 Å². The highest BCUT2D eigenvalue weighted by molar-refractivity contribution is 6.03. The van der Waals surface area contributed by atoms with Gasteiger partial charge in [-0.1, -0.05) is 24.8 Å². The van der Waals surface area contributed by atoms with Crippen molar-refractivity contribution in [2.45, 2.75) is 24.9 Å². The normalized spacial score (nSPS) is 16.9. The van der Waals surface area contributed by atoms with Gasteiger partial charge in [0.1, 0.15) is 23.5 Å². The number of hydrogen-bond acceptors (Lipinski definition) is 7. The van der Waals surface area contributed by atoms with Gasteiger partial charge in [0.25, 0.3) is 5.91 Å². The zero-order valence-corrected chi connectivity index (χ0v) is 19.1. The van der Waals surface area contributed by atoms with Gasteiger partial charge >= 0.3 is 0 Å². The largest absolute Gasteiger partial charge is 0.383 e. The van der Waals surface area contributed by atoms with Crippen molar-refractivity contribution in [3.8, 4) is 11.3 Å².